The van der Waals surface area contributed by atoms with Crippen LogP contribution in [0.2, 0.25) is 19.6 Å². The standard InChI is InChI=1S/C25H16N3O.C18H24NSi.Ir/c1-16-23-21(14-15-26-16)27-25(28(23)17-8-3-2-4-9-17)20-12-7-11-19-18-10-5-6-13-22(18)29-24(19)20;1-14(2)11-16-12-17(15-9-7-6-8-10-15)19-13-18(16)20(3,4)5;/h2-11,13-15H,1H3;6-9,12-14H,11H2,1-5H3;/q2*-1;/i1D3;11D2;. The number of hydrogen-bond acceptors (Lipinski definition) is 4. The number of aromatic nitrogens is 4. The maximum absolute atomic E-state index is 8.55. The number of benzene rings is 4. The number of hydrogen-bond donors (Lipinski definition) is 0. The second kappa shape index (κ2) is 14.7. The van der Waals surface area contributed by atoms with E-state index in [0.717, 1.165) is 44.1 Å². The topological polar surface area (TPSA) is 56.7 Å². The van der Waals surface area contributed by atoms with Crippen molar-refractivity contribution in [3.05, 3.63) is 139 Å². The minimum atomic E-state index is -2.39. The molecule has 0 unspecified atom stereocenters. The largest absolute Gasteiger partial charge is 0.501 e. The summed E-state index contributed by atoms with van der Waals surface area (Å²) >= 11 is 0. The second-order valence-corrected chi connectivity index (χ2v) is 18.3. The van der Waals surface area contributed by atoms with Gasteiger partial charge in [0.25, 0.3) is 0 Å². The van der Waals surface area contributed by atoms with E-state index in [9.17, 15) is 0 Å². The van der Waals surface area contributed by atoms with Crippen LogP contribution in [-0.4, -0.2) is 27.6 Å². The van der Waals surface area contributed by atoms with Gasteiger partial charge in [-0.15, -0.1) is 54.1 Å². The summed E-state index contributed by atoms with van der Waals surface area (Å²) in [5, 5.41) is 3.06. The number of aryl methyl sites for hydroxylation is 1. The van der Waals surface area contributed by atoms with Crippen LogP contribution in [0.25, 0.3) is 61.3 Å². The molecule has 4 aromatic carbocycles. The third kappa shape index (κ3) is 6.99. The summed E-state index contributed by atoms with van der Waals surface area (Å²) in [6, 6.07) is 39.0. The van der Waals surface area contributed by atoms with Crippen molar-refractivity contribution in [1.82, 2.24) is 19.5 Å². The molecule has 0 amide bonds. The molecule has 253 valence electrons. The molecule has 4 aromatic heterocycles. The van der Waals surface area contributed by atoms with E-state index >= 15 is 0 Å². The predicted molar refractivity (Wildman–Crippen MR) is 205 cm³/mol. The van der Waals surface area contributed by atoms with Crippen molar-refractivity contribution in [3.63, 3.8) is 0 Å². The monoisotopic (exact) mass is 854 g/mol. The van der Waals surface area contributed by atoms with Crippen molar-refractivity contribution in [2.75, 3.05) is 0 Å². The van der Waals surface area contributed by atoms with Crippen LogP contribution in [0.5, 0.6) is 0 Å². The fourth-order valence-corrected chi connectivity index (χ4v) is 7.46. The van der Waals surface area contributed by atoms with Crippen LogP contribution in [0, 0.1) is 24.9 Å². The van der Waals surface area contributed by atoms with Crippen molar-refractivity contribution in [3.8, 4) is 28.3 Å². The number of furan rings is 1. The van der Waals surface area contributed by atoms with Crippen LogP contribution in [0.4, 0.5) is 0 Å². The van der Waals surface area contributed by atoms with Crippen LogP contribution in [-0.2, 0) is 26.5 Å². The van der Waals surface area contributed by atoms with Crippen LogP contribution in [0.1, 0.15) is 32.0 Å². The summed E-state index contributed by atoms with van der Waals surface area (Å²) in [6.07, 6.45) is 2.02. The number of para-hydroxylation sites is 2. The van der Waals surface area contributed by atoms with E-state index in [4.69, 9.17) is 16.3 Å². The molecule has 0 aliphatic rings. The number of rotatable bonds is 6. The minimum Gasteiger partial charge on any atom is -0.501 e. The smallest absolute Gasteiger partial charge is 0.120 e. The van der Waals surface area contributed by atoms with Gasteiger partial charge in [0.15, 0.2) is 0 Å². The molecule has 0 N–H and O–H groups in total. The van der Waals surface area contributed by atoms with Gasteiger partial charge in [-0.2, -0.15) is 0 Å². The summed E-state index contributed by atoms with van der Waals surface area (Å²) in [4.78, 5) is 13.6. The van der Waals surface area contributed by atoms with E-state index < -0.39 is 21.3 Å². The molecule has 5 nitrogen and oxygen atoms in total. The minimum absolute atomic E-state index is 0. The Morgan fingerprint density at radius 2 is 1.66 bits per heavy atom. The molecule has 8 rings (SSSR count). The van der Waals surface area contributed by atoms with E-state index in [1.165, 1.54) is 6.20 Å². The van der Waals surface area contributed by atoms with Crippen LogP contribution in [0.15, 0.2) is 120 Å². The Morgan fingerprint density at radius 3 is 2.40 bits per heavy atom. The first kappa shape index (κ1) is 29.1. The summed E-state index contributed by atoms with van der Waals surface area (Å²) in [5.74, 6) is 0.465. The van der Waals surface area contributed by atoms with Crippen molar-refractivity contribution >= 4 is 46.2 Å². The van der Waals surface area contributed by atoms with Gasteiger partial charge in [0.05, 0.1) is 36.2 Å². The molecule has 0 aliphatic heterocycles. The SMILES string of the molecule is [2H]C([2H])([2H])c1nccc2nc(-c3[c-]ccc4c3oc3ccccc34)n(-c3ccccc3)c12.[2H]C([2H])(c1cc(-c2[c-]cccc2)ncc1[Si](C)(C)C)C(C)C.[Ir]. The molecule has 0 spiro atoms. The number of nitrogens with zero attached hydrogens (tertiary/aromatic N) is 4. The van der Waals surface area contributed by atoms with Gasteiger partial charge in [0.1, 0.15) is 5.58 Å². The molecule has 0 aliphatic carbocycles. The van der Waals surface area contributed by atoms with E-state index in [0.29, 0.717) is 28.0 Å². The van der Waals surface area contributed by atoms with Gasteiger partial charge in [-0.3, -0.25) is 9.97 Å². The number of pyridine rings is 2. The fourth-order valence-electron chi connectivity index (χ4n) is 6.06. The van der Waals surface area contributed by atoms with E-state index in [-0.39, 0.29) is 31.7 Å². The molecule has 0 saturated carbocycles. The summed E-state index contributed by atoms with van der Waals surface area (Å²) < 4.78 is 49.3. The van der Waals surface area contributed by atoms with Gasteiger partial charge >= 0.3 is 0 Å². The Kier molecular flexibility index (Phi) is 8.53. The van der Waals surface area contributed by atoms with Crippen molar-refractivity contribution in [2.24, 2.45) is 5.92 Å². The van der Waals surface area contributed by atoms with E-state index in [1.807, 2.05) is 122 Å². The molecular formula is C43H40IrN4OSi-2. The molecule has 4 heterocycles. The first-order valence-electron chi connectivity index (χ1n) is 18.9. The molecule has 0 bridgehead atoms. The van der Waals surface area contributed by atoms with Crippen LogP contribution < -0.4 is 5.19 Å². The van der Waals surface area contributed by atoms with Gasteiger partial charge in [0, 0.05) is 50.4 Å². The molecule has 8 aromatic rings. The summed E-state index contributed by atoms with van der Waals surface area (Å²) in [7, 11) is -1.67. The summed E-state index contributed by atoms with van der Waals surface area (Å²) in [6.45, 7) is 8.18. The first-order valence-corrected chi connectivity index (χ1v) is 19.9. The molecular weight excluding hydrogens is 809 g/mol. The number of fused-ring (bicyclic) bond motifs is 4. The van der Waals surface area contributed by atoms with Crippen LogP contribution >= 0.6 is 0 Å². The van der Waals surface area contributed by atoms with Gasteiger partial charge in [0.2, 0.25) is 0 Å². The van der Waals surface area contributed by atoms with Crippen molar-refractivity contribution in [2.45, 2.75) is 46.7 Å². The maximum Gasteiger partial charge on any atom is 0.120 e. The zero-order valence-corrected chi connectivity index (χ0v) is 32.0. The molecule has 7 heteroatoms. The normalized spacial score (nSPS) is 13.5. The van der Waals surface area contributed by atoms with Gasteiger partial charge < -0.3 is 14.0 Å². The predicted octanol–water partition coefficient (Wildman–Crippen LogP) is 10.4. The Balaban J connectivity index is 0.000000198. The molecule has 50 heavy (non-hydrogen) atoms. The van der Waals surface area contributed by atoms with Crippen molar-refractivity contribution in [1.29, 1.82) is 0 Å². The van der Waals surface area contributed by atoms with Gasteiger partial charge in [-0.25, -0.2) is 0 Å². The fraction of sp³-hybridized carbons (Fsp3) is 0.186. The number of imidazole rings is 1. The third-order valence-electron chi connectivity index (χ3n) is 8.28. The third-order valence-corrected chi connectivity index (χ3v) is 10.3. The first-order chi connectivity index (χ1) is 25.7. The zero-order valence-electron chi connectivity index (χ0n) is 33.6. The Bertz CT molecular complexity index is 2600. The van der Waals surface area contributed by atoms with E-state index in [2.05, 4.69) is 41.7 Å². The average Bonchev–Trinajstić information content (AvgIpc) is 3.74. The zero-order chi connectivity index (χ0) is 38.4. The molecule has 0 atom stereocenters. The summed E-state index contributed by atoms with van der Waals surface area (Å²) in [5.41, 5.74) is 6.38. The molecule has 1 radical (unpaired) electrons. The second-order valence-electron chi connectivity index (χ2n) is 13.3. The van der Waals surface area contributed by atoms with Gasteiger partial charge in [-0.05, 0) is 54.3 Å². The Labute approximate surface area is 315 Å². The maximum atomic E-state index is 8.55. The van der Waals surface area contributed by atoms with E-state index in [1.54, 1.807) is 6.07 Å². The van der Waals surface area contributed by atoms with Gasteiger partial charge in [-0.1, -0.05) is 92.5 Å². The molecule has 0 fully saturated rings. The Hall–Kier alpha value is -4.68. The molecule has 0 saturated heterocycles. The quantitative estimate of drug-likeness (QED) is 0.124. The van der Waals surface area contributed by atoms with Crippen LogP contribution in [0.3, 0.4) is 0 Å². The Morgan fingerprint density at radius 1 is 0.880 bits per heavy atom. The average molecular weight is 854 g/mol. The van der Waals surface area contributed by atoms with Crippen molar-refractivity contribution < 1.29 is 31.4 Å².